The smallest absolute Gasteiger partial charge is 0.261 e. The quantitative estimate of drug-likeness (QED) is 0.527. The van der Waals surface area contributed by atoms with Crippen LogP contribution in [0.4, 0.5) is 5.69 Å². The van der Waals surface area contributed by atoms with E-state index < -0.39 is 0 Å². The molecule has 3 aromatic rings. The highest BCUT2D eigenvalue weighted by atomic mass is 16.5. The second kappa shape index (κ2) is 8.41. The van der Waals surface area contributed by atoms with Crippen molar-refractivity contribution in [2.45, 2.75) is 57.5 Å². The van der Waals surface area contributed by atoms with E-state index in [1.54, 1.807) is 7.11 Å². The summed E-state index contributed by atoms with van der Waals surface area (Å²) in [4.78, 5) is 33.3. The number of carbonyl (C=O) groups excluding carboxylic acids is 1. The molecule has 6 nitrogen and oxygen atoms in total. The van der Waals surface area contributed by atoms with Gasteiger partial charge >= 0.3 is 0 Å². The molecule has 5 rings (SSSR count). The first-order chi connectivity index (χ1) is 15.6. The van der Waals surface area contributed by atoms with Gasteiger partial charge in [0.25, 0.3) is 5.56 Å². The van der Waals surface area contributed by atoms with Gasteiger partial charge in [0.15, 0.2) is 0 Å². The molecule has 1 unspecified atom stereocenters. The minimum atomic E-state index is 0.0129. The molecule has 1 atom stereocenters. The molecule has 2 aromatic carbocycles. The highest BCUT2D eigenvalue weighted by molar-refractivity contribution is 5.94. The summed E-state index contributed by atoms with van der Waals surface area (Å²) in [6, 6.07) is 15.5. The van der Waals surface area contributed by atoms with Crippen molar-refractivity contribution in [1.82, 2.24) is 9.55 Å². The third kappa shape index (κ3) is 4.01. The number of rotatable bonds is 8. The first kappa shape index (κ1) is 20.7. The Balaban J connectivity index is 1.42. The molecule has 2 aliphatic carbocycles. The molecule has 0 radical (unpaired) electrons. The molecule has 32 heavy (non-hydrogen) atoms. The summed E-state index contributed by atoms with van der Waals surface area (Å²) in [5.74, 6) is 2.11. The van der Waals surface area contributed by atoms with E-state index in [0.29, 0.717) is 29.7 Å². The van der Waals surface area contributed by atoms with E-state index in [2.05, 4.69) is 6.92 Å². The zero-order valence-corrected chi connectivity index (χ0v) is 18.7. The Morgan fingerprint density at radius 2 is 1.84 bits per heavy atom. The number of carbonyl (C=O) groups is 1. The lowest BCUT2D eigenvalue weighted by Gasteiger charge is -2.30. The fourth-order valence-corrected chi connectivity index (χ4v) is 4.56. The van der Waals surface area contributed by atoms with Crippen molar-refractivity contribution in [2.75, 3.05) is 12.0 Å². The average Bonchev–Trinajstić information content (AvgIpc) is 3.71. The van der Waals surface area contributed by atoms with E-state index in [-0.39, 0.29) is 23.6 Å². The predicted molar refractivity (Wildman–Crippen MR) is 125 cm³/mol. The minimum absolute atomic E-state index is 0.0129. The highest BCUT2D eigenvalue weighted by Gasteiger charge is 2.35. The van der Waals surface area contributed by atoms with Gasteiger partial charge in [-0.05, 0) is 74.9 Å². The van der Waals surface area contributed by atoms with Crippen LogP contribution < -0.4 is 15.2 Å². The van der Waals surface area contributed by atoms with Gasteiger partial charge in [-0.25, -0.2) is 4.98 Å². The first-order valence-corrected chi connectivity index (χ1v) is 11.5. The van der Waals surface area contributed by atoms with E-state index in [9.17, 15) is 9.59 Å². The van der Waals surface area contributed by atoms with E-state index in [1.807, 2.05) is 58.0 Å². The van der Waals surface area contributed by atoms with Gasteiger partial charge in [-0.2, -0.15) is 0 Å². The van der Waals surface area contributed by atoms with Crippen LogP contribution in [0.25, 0.3) is 10.9 Å². The van der Waals surface area contributed by atoms with Crippen LogP contribution in [-0.4, -0.2) is 28.6 Å². The van der Waals surface area contributed by atoms with Crippen LogP contribution in [-0.2, 0) is 11.2 Å². The van der Waals surface area contributed by atoms with Crippen LogP contribution in [0, 0.1) is 5.92 Å². The third-order valence-electron chi connectivity index (χ3n) is 6.69. The van der Waals surface area contributed by atoms with E-state index in [1.165, 1.54) is 0 Å². The van der Waals surface area contributed by atoms with Crippen molar-refractivity contribution >= 4 is 22.5 Å². The Morgan fingerprint density at radius 1 is 1.12 bits per heavy atom. The van der Waals surface area contributed by atoms with Crippen LogP contribution in [0.1, 0.15) is 50.9 Å². The molecular formula is C26H29N3O3. The van der Waals surface area contributed by atoms with Gasteiger partial charge in [0, 0.05) is 30.6 Å². The number of nitrogens with zero attached hydrogens (tertiary/aromatic N) is 3. The number of hydrogen-bond acceptors (Lipinski definition) is 4. The second-order valence-corrected chi connectivity index (χ2v) is 8.99. The van der Waals surface area contributed by atoms with Crippen molar-refractivity contribution in [3.8, 4) is 5.75 Å². The molecule has 0 N–H and O–H groups in total. The Bertz CT molecular complexity index is 1190. The summed E-state index contributed by atoms with van der Waals surface area (Å²) in [7, 11) is 1.64. The van der Waals surface area contributed by atoms with Crippen LogP contribution in [0.2, 0.25) is 0 Å². The van der Waals surface area contributed by atoms with Crippen molar-refractivity contribution in [1.29, 1.82) is 0 Å². The number of ether oxygens (including phenoxy) is 1. The number of methoxy groups -OCH3 is 1. The predicted octanol–water partition coefficient (Wildman–Crippen LogP) is 4.50. The van der Waals surface area contributed by atoms with Gasteiger partial charge in [-0.3, -0.25) is 14.2 Å². The number of amides is 1. The molecule has 2 aliphatic rings. The zero-order valence-electron chi connectivity index (χ0n) is 18.7. The maximum atomic E-state index is 13.5. The van der Waals surface area contributed by atoms with E-state index in [0.717, 1.165) is 42.9 Å². The maximum absolute atomic E-state index is 13.5. The normalized spacial score (nSPS) is 16.7. The van der Waals surface area contributed by atoms with E-state index in [4.69, 9.17) is 9.72 Å². The van der Waals surface area contributed by atoms with Crippen molar-refractivity contribution in [3.05, 3.63) is 64.7 Å². The minimum Gasteiger partial charge on any atom is -0.497 e. The lowest BCUT2D eigenvalue weighted by Crippen LogP contribution is -2.40. The molecule has 0 bridgehead atoms. The fraction of sp³-hybridized carbons (Fsp3) is 0.423. The molecule has 1 heterocycles. The van der Waals surface area contributed by atoms with Crippen molar-refractivity contribution in [2.24, 2.45) is 5.92 Å². The first-order valence-electron chi connectivity index (χ1n) is 11.5. The lowest BCUT2D eigenvalue weighted by molar-refractivity contribution is -0.119. The molecule has 2 saturated carbocycles. The summed E-state index contributed by atoms with van der Waals surface area (Å²) in [6.07, 6.45) is 5.10. The van der Waals surface area contributed by atoms with Crippen molar-refractivity contribution in [3.63, 3.8) is 0 Å². The Kier molecular flexibility index (Phi) is 5.45. The topological polar surface area (TPSA) is 64.4 Å². The summed E-state index contributed by atoms with van der Waals surface area (Å²) in [5.41, 5.74) is 1.61. The Hall–Kier alpha value is -3.15. The molecule has 0 spiro atoms. The molecule has 1 amide bonds. The van der Waals surface area contributed by atoms with Gasteiger partial charge < -0.3 is 9.64 Å². The Morgan fingerprint density at radius 3 is 2.50 bits per heavy atom. The third-order valence-corrected chi connectivity index (χ3v) is 6.69. The van der Waals surface area contributed by atoms with Crippen LogP contribution in [0.3, 0.4) is 0 Å². The number of fused-ring (bicyclic) bond motifs is 1. The number of hydrogen-bond donors (Lipinski definition) is 0. The SMILES string of the molecule is COc1ccc(N(C(=O)CCc2nc3ccccc3c(=O)n2C2CC2)C(C)C2CC2)cc1. The van der Waals surface area contributed by atoms with Crippen LogP contribution in [0.5, 0.6) is 5.75 Å². The maximum Gasteiger partial charge on any atom is 0.261 e. The molecule has 0 saturated heterocycles. The number of aromatic nitrogens is 2. The summed E-state index contributed by atoms with van der Waals surface area (Å²) < 4.78 is 7.11. The molecule has 0 aliphatic heterocycles. The fourth-order valence-electron chi connectivity index (χ4n) is 4.56. The number of benzene rings is 2. The summed E-state index contributed by atoms with van der Waals surface area (Å²) in [6.45, 7) is 2.13. The number of anilines is 1. The van der Waals surface area contributed by atoms with Gasteiger partial charge in [0.05, 0.1) is 18.0 Å². The Labute approximate surface area is 187 Å². The lowest BCUT2D eigenvalue weighted by atomic mass is 10.1. The monoisotopic (exact) mass is 431 g/mol. The largest absolute Gasteiger partial charge is 0.497 e. The second-order valence-electron chi connectivity index (χ2n) is 8.99. The standard InChI is InChI=1S/C26H29N3O3/c1-17(18-7-8-18)28(19-11-13-21(32-2)14-12-19)25(30)16-15-24-27-23-6-4-3-5-22(23)26(31)29(24)20-9-10-20/h3-6,11-14,17-18,20H,7-10,15-16H2,1-2H3. The van der Waals surface area contributed by atoms with Gasteiger partial charge in [0.2, 0.25) is 5.91 Å². The van der Waals surface area contributed by atoms with Gasteiger partial charge in [-0.1, -0.05) is 12.1 Å². The van der Waals surface area contributed by atoms with E-state index >= 15 is 0 Å². The molecule has 6 heteroatoms. The van der Waals surface area contributed by atoms with Gasteiger partial charge in [0.1, 0.15) is 11.6 Å². The molecule has 1 aromatic heterocycles. The van der Waals surface area contributed by atoms with Gasteiger partial charge in [-0.15, -0.1) is 0 Å². The molecule has 2 fully saturated rings. The summed E-state index contributed by atoms with van der Waals surface area (Å²) >= 11 is 0. The summed E-state index contributed by atoms with van der Waals surface area (Å²) in [5, 5.41) is 0.650. The van der Waals surface area contributed by atoms with Crippen LogP contribution >= 0.6 is 0 Å². The average molecular weight is 432 g/mol. The zero-order chi connectivity index (χ0) is 22.2. The molecular weight excluding hydrogens is 402 g/mol. The number of aryl methyl sites for hydroxylation is 1. The number of para-hydroxylation sites is 1. The highest BCUT2D eigenvalue weighted by Crippen LogP contribution is 2.38. The van der Waals surface area contributed by atoms with Crippen LogP contribution in [0.15, 0.2) is 53.3 Å². The molecule has 166 valence electrons. The van der Waals surface area contributed by atoms with Crippen molar-refractivity contribution < 1.29 is 9.53 Å².